The smallest absolute Gasteiger partial charge is 0.158 e. The van der Waals surface area contributed by atoms with E-state index in [-0.39, 0.29) is 0 Å². The number of rotatable bonds is 8. The molecular weight excluding hydrogens is 319 g/mol. The summed E-state index contributed by atoms with van der Waals surface area (Å²) in [6.45, 7) is 9.95. The van der Waals surface area contributed by atoms with Crippen LogP contribution in [0.3, 0.4) is 0 Å². The summed E-state index contributed by atoms with van der Waals surface area (Å²) in [6.07, 6.45) is 0. The van der Waals surface area contributed by atoms with Gasteiger partial charge in [0.2, 0.25) is 0 Å². The van der Waals surface area contributed by atoms with Crippen molar-refractivity contribution in [3.63, 3.8) is 0 Å². The summed E-state index contributed by atoms with van der Waals surface area (Å²) in [6, 6.07) is 9.37. The minimum Gasteiger partial charge on any atom is -0.455 e. The van der Waals surface area contributed by atoms with Crippen LogP contribution in [0, 0.1) is 0 Å². The van der Waals surface area contributed by atoms with Gasteiger partial charge in [0.15, 0.2) is 5.76 Å². The van der Waals surface area contributed by atoms with Crippen LogP contribution < -0.4 is 10.2 Å². The van der Waals surface area contributed by atoms with Gasteiger partial charge in [0.05, 0.1) is 18.1 Å². The van der Waals surface area contributed by atoms with Crippen LogP contribution in [0.5, 0.6) is 0 Å². The number of nitrogens with two attached hydrogens (primary N) is 1. The first-order valence-corrected chi connectivity index (χ1v) is 8.59. The standard InChI is InChI=1S/C17H22Cl2N2O/c1-3-21(4-2)10-9-20-12-14-6-8-17(22-14)15-11-13(18)5-7-16(15)19/h5-8,11,20H,3-4,9-10,12H2,1-2H3/p+2. The van der Waals surface area contributed by atoms with E-state index in [2.05, 4.69) is 19.2 Å². The van der Waals surface area contributed by atoms with Crippen LogP contribution in [0.4, 0.5) is 0 Å². The number of halogens is 2. The van der Waals surface area contributed by atoms with Gasteiger partial charge in [0.25, 0.3) is 0 Å². The van der Waals surface area contributed by atoms with Crippen molar-refractivity contribution in [3.8, 4) is 11.3 Å². The van der Waals surface area contributed by atoms with Crippen molar-refractivity contribution in [2.45, 2.75) is 20.4 Å². The highest BCUT2D eigenvalue weighted by Gasteiger charge is 2.11. The second kappa shape index (κ2) is 8.59. The van der Waals surface area contributed by atoms with Crippen LogP contribution >= 0.6 is 23.2 Å². The first-order chi connectivity index (χ1) is 10.6. The van der Waals surface area contributed by atoms with E-state index in [9.17, 15) is 0 Å². The van der Waals surface area contributed by atoms with E-state index >= 15 is 0 Å². The van der Waals surface area contributed by atoms with Crippen molar-refractivity contribution in [1.29, 1.82) is 0 Å². The lowest BCUT2D eigenvalue weighted by molar-refractivity contribution is -0.910. The van der Waals surface area contributed by atoms with Gasteiger partial charge in [-0.25, -0.2) is 0 Å². The first-order valence-electron chi connectivity index (χ1n) is 7.83. The van der Waals surface area contributed by atoms with Crippen molar-refractivity contribution in [2.24, 2.45) is 0 Å². The average molecular weight is 343 g/mol. The molecule has 0 unspecified atom stereocenters. The molecule has 1 heterocycles. The molecule has 1 aromatic heterocycles. The molecule has 0 atom stereocenters. The molecule has 3 nitrogen and oxygen atoms in total. The second-order valence-electron chi connectivity index (χ2n) is 5.38. The number of hydrogen-bond donors (Lipinski definition) is 2. The molecule has 22 heavy (non-hydrogen) atoms. The second-order valence-corrected chi connectivity index (χ2v) is 6.22. The fraction of sp³-hybridized carbons (Fsp3) is 0.412. The maximum absolute atomic E-state index is 6.20. The van der Waals surface area contributed by atoms with E-state index in [4.69, 9.17) is 27.6 Å². The molecule has 2 rings (SSSR count). The Bertz CT molecular complexity index is 594. The van der Waals surface area contributed by atoms with Crippen molar-refractivity contribution in [1.82, 2.24) is 0 Å². The third kappa shape index (κ3) is 4.75. The molecule has 120 valence electrons. The molecule has 0 aliphatic carbocycles. The quantitative estimate of drug-likeness (QED) is 0.709. The molecule has 3 N–H and O–H groups in total. The lowest BCUT2D eigenvalue weighted by atomic mass is 10.2. The zero-order valence-corrected chi connectivity index (χ0v) is 14.7. The third-order valence-corrected chi connectivity index (χ3v) is 4.47. The lowest BCUT2D eigenvalue weighted by Gasteiger charge is -2.13. The molecule has 0 aliphatic heterocycles. The van der Waals surface area contributed by atoms with E-state index in [1.54, 1.807) is 17.0 Å². The summed E-state index contributed by atoms with van der Waals surface area (Å²) >= 11 is 12.2. The van der Waals surface area contributed by atoms with Gasteiger partial charge < -0.3 is 14.6 Å². The number of hydrogen-bond acceptors (Lipinski definition) is 1. The van der Waals surface area contributed by atoms with E-state index < -0.39 is 0 Å². The number of likely N-dealkylation sites (N-methyl/N-ethyl adjacent to an activating group) is 1. The van der Waals surface area contributed by atoms with Crippen molar-refractivity contribution in [3.05, 3.63) is 46.1 Å². The summed E-state index contributed by atoms with van der Waals surface area (Å²) < 4.78 is 5.88. The maximum Gasteiger partial charge on any atom is 0.158 e. The predicted octanol–water partition coefficient (Wildman–Crippen LogP) is 2.24. The summed E-state index contributed by atoms with van der Waals surface area (Å²) in [5.74, 6) is 1.73. The third-order valence-electron chi connectivity index (χ3n) is 3.90. The van der Waals surface area contributed by atoms with Gasteiger partial charge in [0, 0.05) is 10.6 Å². The minimum atomic E-state index is 0.652. The molecule has 5 heteroatoms. The van der Waals surface area contributed by atoms with Gasteiger partial charge in [-0.15, -0.1) is 0 Å². The van der Waals surface area contributed by atoms with E-state index in [0.29, 0.717) is 10.0 Å². The van der Waals surface area contributed by atoms with Crippen LogP contribution in [-0.4, -0.2) is 26.2 Å². The monoisotopic (exact) mass is 342 g/mol. The fourth-order valence-corrected chi connectivity index (χ4v) is 2.86. The molecule has 0 fully saturated rings. The molecule has 1 aromatic carbocycles. The van der Waals surface area contributed by atoms with E-state index in [0.717, 1.165) is 30.2 Å². The van der Waals surface area contributed by atoms with Crippen molar-refractivity contribution >= 4 is 23.2 Å². The SMILES string of the molecule is CC[NH+](CC)CC[NH2+]Cc1ccc(-c2cc(Cl)ccc2Cl)o1. The Labute approximate surface area is 142 Å². The van der Waals surface area contributed by atoms with E-state index in [1.807, 2.05) is 18.2 Å². The molecule has 0 aliphatic rings. The van der Waals surface area contributed by atoms with E-state index in [1.165, 1.54) is 19.6 Å². The predicted molar refractivity (Wildman–Crippen MR) is 91.6 cm³/mol. The topological polar surface area (TPSA) is 34.2 Å². The number of quaternary nitrogens is 2. The highest BCUT2D eigenvalue weighted by molar-refractivity contribution is 6.35. The van der Waals surface area contributed by atoms with Crippen LogP contribution in [0.1, 0.15) is 19.6 Å². The zero-order valence-electron chi connectivity index (χ0n) is 13.2. The van der Waals surface area contributed by atoms with Gasteiger partial charge in [0.1, 0.15) is 25.4 Å². The summed E-state index contributed by atoms with van der Waals surface area (Å²) in [5.41, 5.74) is 0.841. The molecule has 0 saturated heterocycles. The van der Waals surface area contributed by atoms with Gasteiger partial charge in [-0.1, -0.05) is 23.2 Å². The van der Waals surface area contributed by atoms with Gasteiger partial charge in [-0.3, -0.25) is 0 Å². The summed E-state index contributed by atoms with van der Waals surface area (Å²) in [4.78, 5) is 1.63. The number of benzene rings is 1. The zero-order chi connectivity index (χ0) is 15.9. The van der Waals surface area contributed by atoms with Crippen LogP contribution in [0.2, 0.25) is 10.0 Å². The summed E-state index contributed by atoms with van der Waals surface area (Å²) in [7, 11) is 0. The van der Waals surface area contributed by atoms with Crippen LogP contribution in [0.15, 0.2) is 34.7 Å². The largest absolute Gasteiger partial charge is 0.455 e. The van der Waals surface area contributed by atoms with Crippen molar-refractivity contribution < 1.29 is 14.6 Å². The lowest BCUT2D eigenvalue weighted by Crippen LogP contribution is -3.14. The molecule has 0 amide bonds. The van der Waals surface area contributed by atoms with Crippen LogP contribution in [0.25, 0.3) is 11.3 Å². The Kier molecular flexibility index (Phi) is 6.77. The Morgan fingerprint density at radius 3 is 2.59 bits per heavy atom. The maximum atomic E-state index is 6.20. The highest BCUT2D eigenvalue weighted by Crippen LogP contribution is 2.31. The Morgan fingerprint density at radius 2 is 1.86 bits per heavy atom. The normalized spacial score (nSPS) is 11.3. The highest BCUT2D eigenvalue weighted by atomic mass is 35.5. The number of nitrogens with one attached hydrogen (secondary N) is 1. The summed E-state index contributed by atoms with van der Waals surface area (Å²) in [5, 5.41) is 3.60. The van der Waals surface area contributed by atoms with Gasteiger partial charge in [-0.05, 0) is 44.2 Å². The number of furan rings is 1. The average Bonchev–Trinajstić information content (AvgIpc) is 2.98. The molecule has 0 bridgehead atoms. The van der Waals surface area contributed by atoms with Gasteiger partial charge >= 0.3 is 0 Å². The molecular formula is C17H24Cl2N2O+2. The molecule has 0 saturated carbocycles. The van der Waals surface area contributed by atoms with Crippen molar-refractivity contribution in [2.75, 3.05) is 26.2 Å². The Hall–Kier alpha value is -1.00. The Morgan fingerprint density at radius 1 is 1.09 bits per heavy atom. The molecule has 0 radical (unpaired) electrons. The van der Waals surface area contributed by atoms with Crippen LogP contribution in [-0.2, 0) is 6.54 Å². The Balaban J connectivity index is 1.90. The molecule has 2 aromatic rings. The molecule has 0 spiro atoms. The van der Waals surface area contributed by atoms with Gasteiger partial charge in [-0.2, -0.15) is 0 Å². The first kappa shape index (κ1) is 17.4. The fourth-order valence-electron chi connectivity index (χ4n) is 2.47. The minimum absolute atomic E-state index is 0.652.